The predicted molar refractivity (Wildman–Crippen MR) is 91.7 cm³/mol. The van der Waals surface area contributed by atoms with Gasteiger partial charge in [0.1, 0.15) is 0 Å². The largest absolute Gasteiger partial charge is 0.380 e. The molecule has 2 unspecified atom stereocenters. The minimum atomic E-state index is 0.353. The maximum absolute atomic E-state index is 5.59. The van der Waals surface area contributed by atoms with Crippen molar-refractivity contribution in [1.29, 1.82) is 0 Å². The molecule has 0 aliphatic heterocycles. The summed E-state index contributed by atoms with van der Waals surface area (Å²) in [6, 6.07) is 9.79. The summed E-state index contributed by atoms with van der Waals surface area (Å²) in [4.78, 5) is 0. The second-order valence-electron chi connectivity index (χ2n) is 6.74. The molecular formula is C19H33NO. The second-order valence-corrected chi connectivity index (χ2v) is 6.74. The van der Waals surface area contributed by atoms with Gasteiger partial charge in [0.25, 0.3) is 0 Å². The molecule has 0 aliphatic rings. The van der Waals surface area contributed by atoms with Gasteiger partial charge in [-0.2, -0.15) is 0 Å². The molecule has 120 valence electrons. The Morgan fingerprint density at radius 2 is 1.62 bits per heavy atom. The minimum Gasteiger partial charge on any atom is -0.380 e. The predicted octanol–water partition coefficient (Wildman–Crippen LogP) is 4.60. The van der Waals surface area contributed by atoms with E-state index in [0.717, 1.165) is 19.6 Å². The van der Waals surface area contributed by atoms with Crippen molar-refractivity contribution in [2.75, 3.05) is 13.2 Å². The third-order valence-corrected chi connectivity index (χ3v) is 3.89. The van der Waals surface area contributed by atoms with Crippen LogP contribution in [0.5, 0.6) is 0 Å². The van der Waals surface area contributed by atoms with Crippen molar-refractivity contribution in [1.82, 2.24) is 5.32 Å². The van der Waals surface area contributed by atoms with Gasteiger partial charge in [0.2, 0.25) is 0 Å². The first-order chi connectivity index (χ1) is 9.93. The van der Waals surface area contributed by atoms with Crippen molar-refractivity contribution in [3.63, 3.8) is 0 Å². The summed E-state index contributed by atoms with van der Waals surface area (Å²) in [7, 11) is 0. The van der Waals surface area contributed by atoms with E-state index < -0.39 is 0 Å². The lowest BCUT2D eigenvalue weighted by Gasteiger charge is -2.26. The molecule has 1 rings (SSSR count). The zero-order valence-electron chi connectivity index (χ0n) is 14.6. The molecule has 0 spiro atoms. The fourth-order valence-corrected chi connectivity index (χ4v) is 2.51. The highest BCUT2D eigenvalue weighted by molar-refractivity contribution is 5.25. The molecule has 0 amide bonds. The first-order valence-corrected chi connectivity index (χ1v) is 8.36. The van der Waals surface area contributed by atoms with Gasteiger partial charge in [-0.05, 0) is 43.2 Å². The average Bonchev–Trinajstić information content (AvgIpc) is 2.43. The Balaban J connectivity index is 2.62. The zero-order valence-corrected chi connectivity index (χ0v) is 14.6. The maximum Gasteiger partial charge on any atom is 0.0622 e. The van der Waals surface area contributed by atoms with E-state index in [1.54, 1.807) is 0 Å². The van der Waals surface area contributed by atoms with E-state index in [-0.39, 0.29) is 0 Å². The highest BCUT2D eigenvalue weighted by Crippen LogP contribution is 2.17. The first kappa shape index (κ1) is 18.2. The Labute approximate surface area is 131 Å². The van der Waals surface area contributed by atoms with Crippen molar-refractivity contribution in [3.05, 3.63) is 35.4 Å². The normalized spacial score (nSPS) is 14.7. The first-order valence-electron chi connectivity index (χ1n) is 8.36. The molecule has 0 saturated carbocycles. The lowest BCUT2D eigenvalue weighted by molar-refractivity contribution is 0.104. The summed E-state index contributed by atoms with van der Waals surface area (Å²) in [5.41, 5.74) is 2.78. The van der Waals surface area contributed by atoms with Gasteiger partial charge in [-0.25, -0.2) is 0 Å². The van der Waals surface area contributed by atoms with Crippen molar-refractivity contribution in [2.24, 2.45) is 11.8 Å². The van der Waals surface area contributed by atoms with Crippen LogP contribution in [-0.2, 0) is 11.2 Å². The van der Waals surface area contributed by atoms with E-state index in [1.807, 2.05) is 6.92 Å². The van der Waals surface area contributed by atoms with Crippen LogP contribution in [0.2, 0.25) is 0 Å². The third kappa shape index (κ3) is 6.62. The van der Waals surface area contributed by atoms with E-state index in [4.69, 9.17) is 4.74 Å². The van der Waals surface area contributed by atoms with Crippen LogP contribution in [0.1, 0.15) is 58.7 Å². The van der Waals surface area contributed by atoms with Crippen molar-refractivity contribution < 1.29 is 4.74 Å². The van der Waals surface area contributed by atoms with Gasteiger partial charge in [-0.3, -0.25) is 0 Å². The summed E-state index contributed by atoms with van der Waals surface area (Å²) in [5, 5.41) is 3.70. The molecule has 0 fully saturated rings. The molecule has 0 radical (unpaired) electrons. The summed E-state index contributed by atoms with van der Waals surface area (Å²) in [5.74, 6) is 1.28. The van der Waals surface area contributed by atoms with E-state index in [9.17, 15) is 0 Å². The molecule has 21 heavy (non-hydrogen) atoms. The van der Waals surface area contributed by atoms with Crippen molar-refractivity contribution >= 4 is 0 Å². The van der Waals surface area contributed by atoms with Crippen molar-refractivity contribution in [3.8, 4) is 0 Å². The molecule has 1 aromatic rings. The van der Waals surface area contributed by atoms with Gasteiger partial charge in [0.15, 0.2) is 0 Å². The number of ether oxygens (including phenoxy) is 1. The zero-order chi connectivity index (χ0) is 15.8. The number of hydrogen-bond acceptors (Lipinski definition) is 2. The molecule has 0 aromatic heterocycles. The van der Waals surface area contributed by atoms with Crippen molar-refractivity contribution in [2.45, 2.75) is 60.0 Å². The fraction of sp³-hybridized carbons (Fsp3) is 0.684. The molecule has 2 nitrogen and oxygen atoms in total. The number of nitrogens with one attached hydrogen (secondary N) is 1. The standard InChI is InChI=1S/C19H33NO/c1-7-21-13-19(15(4)5)20-16(6)18-10-8-17(9-11-18)12-14(2)3/h8-11,14-16,19-20H,7,12-13H2,1-6H3. The Kier molecular flexibility index (Phi) is 7.98. The Morgan fingerprint density at radius 1 is 1.00 bits per heavy atom. The molecule has 0 bridgehead atoms. The summed E-state index contributed by atoms with van der Waals surface area (Å²) < 4.78 is 5.59. The Hall–Kier alpha value is -0.860. The summed E-state index contributed by atoms with van der Waals surface area (Å²) >= 11 is 0. The van der Waals surface area contributed by atoms with E-state index >= 15 is 0 Å². The summed E-state index contributed by atoms with van der Waals surface area (Å²) in [6.45, 7) is 14.9. The molecule has 0 saturated heterocycles. The van der Waals surface area contributed by atoms with Crippen LogP contribution in [0.4, 0.5) is 0 Å². The summed E-state index contributed by atoms with van der Waals surface area (Å²) in [6.07, 6.45) is 1.15. The average molecular weight is 291 g/mol. The molecule has 1 aromatic carbocycles. The highest BCUT2D eigenvalue weighted by Gasteiger charge is 2.16. The van der Waals surface area contributed by atoms with Crippen LogP contribution in [0.25, 0.3) is 0 Å². The van der Waals surface area contributed by atoms with E-state index in [1.165, 1.54) is 11.1 Å². The van der Waals surface area contributed by atoms with Gasteiger partial charge < -0.3 is 10.1 Å². The fourth-order valence-electron chi connectivity index (χ4n) is 2.51. The van der Waals surface area contributed by atoms with E-state index in [2.05, 4.69) is 64.2 Å². The Bertz CT molecular complexity index is 383. The van der Waals surface area contributed by atoms with Crippen LogP contribution in [-0.4, -0.2) is 19.3 Å². The highest BCUT2D eigenvalue weighted by atomic mass is 16.5. The van der Waals surface area contributed by atoms with Crippen LogP contribution in [0.3, 0.4) is 0 Å². The third-order valence-electron chi connectivity index (χ3n) is 3.89. The van der Waals surface area contributed by atoms with Crippen LogP contribution in [0.15, 0.2) is 24.3 Å². The Morgan fingerprint density at radius 3 is 2.10 bits per heavy atom. The molecule has 2 atom stereocenters. The number of rotatable bonds is 9. The SMILES string of the molecule is CCOCC(NC(C)c1ccc(CC(C)C)cc1)C(C)C. The quantitative estimate of drug-likeness (QED) is 0.718. The van der Waals surface area contributed by atoms with Gasteiger partial charge in [-0.15, -0.1) is 0 Å². The van der Waals surface area contributed by atoms with E-state index in [0.29, 0.717) is 23.9 Å². The molecular weight excluding hydrogens is 258 g/mol. The monoisotopic (exact) mass is 291 g/mol. The smallest absolute Gasteiger partial charge is 0.0622 e. The van der Waals surface area contributed by atoms with Gasteiger partial charge in [0.05, 0.1) is 6.61 Å². The van der Waals surface area contributed by atoms with Gasteiger partial charge >= 0.3 is 0 Å². The topological polar surface area (TPSA) is 21.3 Å². The molecule has 0 aliphatic carbocycles. The minimum absolute atomic E-state index is 0.353. The van der Waals surface area contributed by atoms with Crippen LogP contribution < -0.4 is 5.32 Å². The number of benzene rings is 1. The van der Waals surface area contributed by atoms with Gasteiger partial charge in [-0.1, -0.05) is 52.0 Å². The maximum atomic E-state index is 5.59. The second kappa shape index (κ2) is 9.22. The molecule has 0 heterocycles. The number of hydrogen-bond donors (Lipinski definition) is 1. The lowest BCUT2D eigenvalue weighted by atomic mass is 9.98. The molecule has 1 N–H and O–H groups in total. The van der Waals surface area contributed by atoms with Crippen LogP contribution >= 0.6 is 0 Å². The van der Waals surface area contributed by atoms with Crippen LogP contribution in [0, 0.1) is 11.8 Å². The lowest BCUT2D eigenvalue weighted by Crippen LogP contribution is -2.39. The molecule has 2 heteroatoms. The van der Waals surface area contributed by atoms with Gasteiger partial charge in [0, 0.05) is 18.7 Å².